The molecule has 2 heterocycles. The Labute approximate surface area is 190 Å². The number of aromatic nitrogens is 3. The Bertz CT molecular complexity index is 1450. The lowest BCUT2D eigenvalue weighted by Crippen LogP contribution is -2.21. The molecule has 0 atom stereocenters. The molecule has 164 valence electrons. The fraction of sp³-hybridized carbons (Fsp3) is 0.111. The SMILES string of the molecule is Cc1ccc(-c2nn(-c3ccccc3)c3[nH]c(=O)c(CNCc4ccc(F)cc4)cc23)cc1. The van der Waals surface area contributed by atoms with E-state index in [4.69, 9.17) is 5.10 Å². The lowest BCUT2D eigenvalue weighted by atomic mass is 10.1. The van der Waals surface area contributed by atoms with E-state index >= 15 is 0 Å². The zero-order chi connectivity index (χ0) is 22.8. The molecular weight excluding hydrogens is 415 g/mol. The van der Waals surface area contributed by atoms with Crippen LogP contribution in [0.4, 0.5) is 4.39 Å². The fourth-order valence-electron chi connectivity index (χ4n) is 3.87. The molecule has 2 N–H and O–H groups in total. The van der Waals surface area contributed by atoms with E-state index < -0.39 is 0 Å². The molecule has 0 saturated carbocycles. The van der Waals surface area contributed by atoms with Crippen LogP contribution in [0.25, 0.3) is 28.0 Å². The van der Waals surface area contributed by atoms with Crippen molar-refractivity contribution in [3.8, 4) is 16.9 Å². The summed E-state index contributed by atoms with van der Waals surface area (Å²) >= 11 is 0. The molecule has 0 unspecified atom stereocenters. The van der Waals surface area contributed by atoms with Gasteiger partial charge in [0.25, 0.3) is 5.56 Å². The summed E-state index contributed by atoms with van der Waals surface area (Å²) in [5.41, 5.74) is 5.90. The third kappa shape index (κ3) is 4.33. The van der Waals surface area contributed by atoms with Crippen LogP contribution in [0.15, 0.2) is 89.7 Å². The Morgan fingerprint density at radius 3 is 2.39 bits per heavy atom. The Morgan fingerprint density at radius 2 is 1.67 bits per heavy atom. The predicted molar refractivity (Wildman–Crippen MR) is 129 cm³/mol. The number of hydrogen-bond acceptors (Lipinski definition) is 3. The van der Waals surface area contributed by atoms with Gasteiger partial charge in [-0.1, -0.05) is 60.2 Å². The van der Waals surface area contributed by atoms with Crippen molar-refractivity contribution in [2.24, 2.45) is 0 Å². The summed E-state index contributed by atoms with van der Waals surface area (Å²) in [7, 11) is 0. The standard InChI is InChI=1S/C27H23FN4O/c1-18-7-11-20(12-8-18)25-24-15-21(17-29-16-19-9-13-22(28)14-10-19)27(33)30-26(24)32(31-25)23-5-3-2-4-6-23/h2-15,29H,16-17H2,1H3,(H,30,33). The van der Waals surface area contributed by atoms with Gasteiger partial charge >= 0.3 is 0 Å². The topological polar surface area (TPSA) is 62.7 Å². The Hall–Kier alpha value is -4.03. The summed E-state index contributed by atoms with van der Waals surface area (Å²) in [6, 6.07) is 26.2. The summed E-state index contributed by atoms with van der Waals surface area (Å²) in [6.07, 6.45) is 0. The number of H-pyrrole nitrogens is 1. The summed E-state index contributed by atoms with van der Waals surface area (Å²) in [6.45, 7) is 2.96. The lowest BCUT2D eigenvalue weighted by molar-refractivity contribution is 0.624. The highest BCUT2D eigenvalue weighted by molar-refractivity contribution is 5.92. The van der Waals surface area contributed by atoms with Crippen LogP contribution in [0.1, 0.15) is 16.7 Å². The quantitative estimate of drug-likeness (QED) is 0.387. The highest BCUT2D eigenvalue weighted by Crippen LogP contribution is 2.29. The van der Waals surface area contributed by atoms with Crippen molar-refractivity contribution in [1.82, 2.24) is 20.1 Å². The zero-order valence-corrected chi connectivity index (χ0v) is 18.2. The second kappa shape index (κ2) is 8.84. The number of aromatic amines is 1. The molecule has 0 saturated heterocycles. The van der Waals surface area contributed by atoms with E-state index in [0.29, 0.717) is 24.3 Å². The average molecular weight is 439 g/mol. The van der Waals surface area contributed by atoms with Crippen LogP contribution in [0.5, 0.6) is 0 Å². The van der Waals surface area contributed by atoms with Gasteiger partial charge in [0.2, 0.25) is 0 Å². The van der Waals surface area contributed by atoms with Gasteiger partial charge in [0, 0.05) is 29.6 Å². The van der Waals surface area contributed by atoms with Crippen molar-refractivity contribution in [1.29, 1.82) is 0 Å². The largest absolute Gasteiger partial charge is 0.308 e. The maximum Gasteiger partial charge on any atom is 0.254 e. The van der Waals surface area contributed by atoms with Crippen molar-refractivity contribution in [3.05, 3.63) is 118 Å². The molecule has 0 aliphatic heterocycles. The van der Waals surface area contributed by atoms with E-state index in [2.05, 4.69) is 22.4 Å². The van der Waals surface area contributed by atoms with Crippen molar-refractivity contribution < 1.29 is 4.39 Å². The fourth-order valence-corrected chi connectivity index (χ4v) is 3.87. The molecular formula is C27H23FN4O. The first-order valence-electron chi connectivity index (χ1n) is 10.8. The molecule has 3 aromatic carbocycles. The Balaban J connectivity index is 1.54. The van der Waals surface area contributed by atoms with Gasteiger partial charge in [-0.05, 0) is 42.8 Å². The van der Waals surface area contributed by atoms with Crippen LogP contribution in [0, 0.1) is 12.7 Å². The van der Waals surface area contributed by atoms with Gasteiger partial charge in [-0.3, -0.25) is 4.79 Å². The molecule has 2 aromatic heterocycles. The number of halogens is 1. The molecule has 5 rings (SSSR count). The third-order valence-electron chi connectivity index (χ3n) is 5.65. The normalized spacial score (nSPS) is 11.2. The molecule has 33 heavy (non-hydrogen) atoms. The van der Waals surface area contributed by atoms with Crippen LogP contribution in [0.3, 0.4) is 0 Å². The van der Waals surface area contributed by atoms with E-state index in [0.717, 1.165) is 27.9 Å². The first kappa shape index (κ1) is 20.8. The number of nitrogens with one attached hydrogen (secondary N) is 2. The predicted octanol–water partition coefficient (Wildman–Crippen LogP) is 5.12. The van der Waals surface area contributed by atoms with Crippen molar-refractivity contribution in [3.63, 3.8) is 0 Å². The minimum atomic E-state index is -0.264. The maximum atomic E-state index is 13.1. The number of para-hydroxylation sites is 1. The van der Waals surface area contributed by atoms with E-state index in [-0.39, 0.29) is 11.4 Å². The maximum absolute atomic E-state index is 13.1. The summed E-state index contributed by atoms with van der Waals surface area (Å²) in [5, 5.41) is 9.02. The van der Waals surface area contributed by atoms with Crippen LogP contribution in [-0.2, 0) is 13.1 Å². The summed E-state index contributed by atoms with van der Waals surface area (Å²) in [5.74, 6) is -0.264. The van der Waals surface area contributed by atoms with Gasteiger partial charge in [-0.25, -0.2) is 9.07 Å². The molecule has 0 spiro atoms. The van der Waals surface area contributed by atoms with E-state index in [1.807, 2.05) is 55.5 Å². The van der Waals surface area contributed by atoms with Crippen LogP contribution < -0.4 is 10.9 Å². The van der Waals surface area contributed by atoms with Crippen molar-refractivity contribution >= 4 is 11.0 Å². The molecule has 6 heteroatoms. The average Bonchev–Trinajstić information content (AvgIpc) is 3.19. The van der Waals surface area contributed by atoms with Gasteiger partial charge < -0.3 is 10.3 Å². The van der Waals surface area contributed by atoms with Crippen molar-refractivity contribution in [2.75, 3.05) is 0 Å². The molecule has 0 fully saturated rings. The van der Waals surface area contributed by atoms with E-state index in [9.17, 15) is 9.18 Å². The van der Waals surface area contributed by atoms with E-state index in [1.54, 1.807) is 16.8 Å². The molecule has 0 amide bonds. The number of nitrogens with zero attached hydrogens (tertiary/aromatic N) is 2. The highest BCUT2D eigenvalue weighted by atomic mass is 19.1. The number of rotatable bonds is 6. The van der Waals surface area contributed by atoms with Crippen molar-refractivity contribution in [2.45, 2.75) is 20.0 Å². The second-order valence-electron chi connectivity index (χ2n) is 8.08. The van der Waals surface area contributed by atoms with Gasteiger partial charge in [0.15, 0.2) is 0 Å². The molecule has 0 aliphatic rings. The van der Waals surface area contributed by atoms with Gasteiger partial charge in [-0.2, -0.15) is 5.10 Å². The van der Waals surface area contributed by atoms with Gasteiger partial charge in [0.1, 0.15) is 17.2 Å². The first-order chi connectivity index (χ1) is 16.1. The summed E-state index contributed by atoms with van der Waals surface area (Å²) in [4.78, 5) is 15.9. The first-order valence-corrected chi connectivity index (χ1v) is 10.8. The van der Waals surface area contributed by atoms with Crippen LogP contribution in [-0.4, -0.2) is 14.8 Å². The smallest absolute Gasteiger partial charge is 0.254 e. The molecule has 5 nitrogen and oxygen atoms in total. The zero-order valence-electron chi connectivity index (χ0n) is 18.2. The number of hydrogen-bond donors (Lipinski definition) is 2. The van der Waals surface area contributed by atoms with Crippen LogP contribution in [0.2, 0.25) is 0 Å². The Kier molecular flexibility index (Phi) is 5.59. The molecule has 0 radical (unpaired) electrons. The van der Waals surface area contributed by atoms with E-state index in [1.165, 1.54) is 17.7 Å². The molecule has 5 aromatic rings. The van der Waals surface area contributed by atoms with Gasteiger partial charge in [0.05, 0.1) is 5.69 Å². The highest BCUT2D eigenvalue weighted by Gasteiger charge is 2.16. The third-order valence-corrected chi connectivity index (χ3v) is 5.65. The molecule has 0 aliphatic carbocycles. The number of pyridine rings is 1. The number of fused-ring (bicyclic) bond motifs is 1. The monoisotopic (exact) mass is 438 g/mol. The van der Waals surface area contributed by atoms with Crippen LogP contribution >= 0.6 is 0 Å². The molecule has 0 bridgehead atoms. The number of aryl methyl sites for hydroxylation is 1. The Morgan fingerprint density at radius 1 is 0.939 bits per heavy atom. The second-order valence-corrected chi connectivity index (χ2v) is 8.08. The summed E-state index contributed by atoms with van der Waals surface area (Å²) < 4.78 is 14.9. The number of benzene rings is 3. The van der Waals surface area contributed by atoms with Gasteiger partial charge in [-0.15, -0.1) is 0 Å². The minimum Gasteiger partial charge on any atom is -0.308 e. The lowest BCUT2D eigenvalue weighted by Gasteiger charge is -2.06. The minimum absolute atomic E-state index is 0.165.